The number of fused-ring (bicyclic) bond motifs is 3. The van der Waals surface area contributed by atoms with Crippen LogP contribution in [-0.4, -0.2) is 60.2 Å². The number of aromatic nitrogens is 4. The topological polar surface area (TPSA) is 141 Å². The van der Waals surface area contributed by atoms with Crippen molar-refractivity contribution < 1.29 is 19.7 Å². The number of anilines is 2. The minimum absolute atomic E-state index is 0.349. The summed E-state index contributed by atoms with van der Waals surface area (Å²) in [5.41, 5.74) is 5.91. The number of pyridine rings is 1. The molecule has 5 N–H and O–H groups in total. The van der Waals surface area contributed by atoms with Gasteiger partial charge >= 0.3 is 0 Å². The fourth-order valence-corrected chi connectivity index (χ4v) is 5.53. The van der Waals surface area contributed by atoms with Gasteiger partial charge in [0.05, 0.1) is 10.9 Å². The first-order valence-corrected chi connectivity index (χ1v) is 12.4. The van der Waals surface area contributed by atoms with Crippen molar-refractivity contribution in [3.8, 4) is 5.75 Å². The maximum atomic E-state index is 11.4. The quantitative estimate of drug-likeness (QED) is 0.322. The van der Waals surface area contributed by atoms with Gasteiger partial charge in [-0.15, -0.1) is 0 Å². The van der Waals surface area contributed by atoms with Crippen molar-refractivity contribution in [1.82, 2.24) is 19.5 Å². The van der Waals surface area contributed by atoms with E-state index in [4.69, 9.17) is 20.2 Å². The van der Waals surface area contributed by atoms with E-state index in [0.29, 0.717) is 35.4 Å². The van der Waals surface area contributed by atoms with Crippen LogP contribution in [0.5, 0.6) is 5.75 Å². The molecule has 36 heavy (non-hydrogen) atoms. The Morgan fingerprint density at radius 1 is 1.17 bits per heavy atom. The highest BCUT2D eigenvalue weighted by Crippen LogP contribution is 2.48. The summed E-state index contributed by atoms with van der Waals surface area (Å²) in [7, 11) is 0. The van der Waals surface area contributed by atoms with Crippen LogP contribution in [0.1, 0.15) is 31.9 Å². The summed E-state index contributed by atoms with van der Waals surface area (Å²) in [6.07, 6.45) is 3.50. The van der Waals surface area contributed by atoms with E-state index < -0.39 is 30.1 Å². The summed E-state index contributed by atoms with van der Waals surface area (Å²) in [6.45, 7) is 0.952. The standard InChI is InChI=1S/C26H28N6O4/c27-23-17-8-10-32(24(17)30-13-29-23)25-21(33)26(34)9-7-19(22(26)36-25)35-16-5-3-15-4-6-20(31-18(15)11-16)28-12-14-1-2-14/h3-6,8,10-11,13-14,19,21-22,25,33-34H,1-2,7,9,12H2,(H,28,31)(H2,27,29,30)/t19-,21-,22+,25+,26-/m0/s1. The molecular weight excluding hydrogens is 460 g/mol. The molecule has 2 aliphatic carbocycles. The summed E-state index contributed by atoms with van der Waals surface area (Å²) in [5, 5.41) is 27.6. The summed E-state index contributed by atoms with van der Waals surface area (Å²) in [6, 6.07) is 11.6. The largest absolute Gasteiger partial charge is 0.488 e. The number of hydrogen-bond acceptors (Lipinski definition) is 9. The van der Waals surface area contributed by atoms with Crippen LogP contribution < -0.4 is 15.8 Å². The fourth-order valence-electron chi connectivity index (χ4n) is 5.53. The Balaban J connectivity index is 1.13. The first kappa shape index (κ1) is 21.8. The molecule has 1 aromatic carbocycles. The number of nitrogen functional groups attached to an aromatic ring is 1. The second kappa shape index (κ2) is 8.02. The Kier molecular flexibility index (Phi) is 4.85. The Morgan fingerprint density at radius 3 is 2.89 bits per heavy atom. The number of nitrogens with two attached hydrogens (primary N) is 1. The molecule has 0 spiro atoms. The second-order valence-corrected chi connectivity index (χ2v) is 10.2. The summed E-state index contributed by atoms with van der Waals surface area (Å²) in [4.78, 5) is 13.1. The molecule has 1 saturated heterocycles. The van der Waals surface area contributed by atoms with Gasteiger partial charge in [-0.2, -0.15) is 0 Å². The van der Waals surface area contributed by atoms with Gasteiger partial charge in [0, 0.05) is 24.2 Å². The van der Waals surface area contributed by atoms with Gasteiger partial charge in [-0.1, -0.05) is 0 Å². The van der Waals surface area contributed by atoms with E-state index >= 15 is 0 Å². The van der Waals surface area contributed by atoms with Gasteiger partial charge in [0.1, 0.15) is 53.3 Å². The third kappa shape index (κ3) is 3.47. The van der Waals surface area contributed by atoms with Crippen LogP contribution in [0.2, 0.25) is 0 Å². The molecule has 1 aliphatic heterocycles. The predicted molar refractivity (Wildman–Crippen MR) is 133 cm³/mol. The van der Waals surface area contributed by atoms with Crippen molar-refractivity contribution >= 4 is 33.6 Å². The van der Waals surface area contributed by atoms with Crippen LogP contribution in [0.25, 0.3) is 21.9 Å². The Morgan fingerprint density at radius 2 is 2.03 bits per heavy atom. The molecule has 4 heterocycles. The lowest BCUT2D eigenvalue weighted by Gasteiger charge is -2.26. The zero-order chi connectivity index (χ0) is 24.4. The van der Waals surface area contributed by atoms with Gasteiger partial charge in [0.2, 0.25) is 0 Å². The fraction of sp³-hybridized carbons (Fsp3) is 0.423. The van der Waals surface area contributed by atoms with Crippen molar-refractivity contribution in [3.63, 3.8) is 0 Å². The number of rotatable bonds is 6. The number of benzene rings is 1. The Labute approximate surface area is 207 Å². The number of nitrogens with one attached hydrogen (secondary N) is 1. The molecule has 7 rings (SSSR count). The van der Waals surface area contributed by atoms with Crippen LogP contribution in [0.15, 0.2) is 48.9 Å². The van der Waals surface area contributed by atoms with E-state index in [2.05, 4.69) is 21.4 Å². The van der Waals surface area contributed by atoms with Gasteiger partial charge in [-0.25, -0.2) is 15.0 Å². The number of aliphatic hydroxyl groups excluding tert-OH is 1. The molecular formula is C26H28N6O4. The van der Waals surface area contributed by atoms with E-state index in [1.165, 1.54) is 19.2 Å². The van der Waals surface area contributed by atoms with Gasteiger partial charge in [0.25, 0.3) is 0 Å². The lowest BCUT2D eigenvalue weighted by Crippen LogP contribution is -2.47. The first-order chi connectivity index (χ1) is 17.5. The first-order valence-electron chi connectivity index (χ1n) is 12.4. The molecule has 0 unspecified atom stereocenters. The molecule has 10 heteroatoms. The highest BCUT2D eigenvalue weighted by Gasteiger charge is 2.62. The number of aliphatic hydroxyl groups is 2. The van der Waals surface area contributed by atoms with Gasteiger partial charge < -0.3 is 35.3 Å². The average molecular weight is 489 g/mol. The van der Waals surface area contributed by atoms with Crippen molar-refractivity contribution in [1.29, 1.82) is 0 Å². The van der Waals surface area contributed by atoms with Crippen molar-refractivity contribution in [2.24, 2.45) is 5.92 Å². The summed E-state index contributed by atoms with van der Waals surface area (Å²) in [5.74, 6) is 2.62. The molecule has 0 bridgehead atoms. The van der Waals surface area contributed by atoms with Crippen LogP contribution in [0.3, 0.4) is 0 Å². The third-order valence-electron chi connectivity index (χ3n) is 7.76. The number of hydrogen-bond donors (Lipinski definition) is 4. The molecule has 2 saturated carbocycles. The maximum Gasteiger partial charge on any atom is 0.164 e. The van der Waals surface area contributed by atoms with E-state index in [1.807, 2.05) is 24.3 Å². The van der Waals surface area contributed by atoms with Gasteiger partial charge in [-0.05, 0) is 61.9 Å². The molecule has 0 radical (unpaired) electrons. The highest BCUT2D eigenvalue weighted by atomic mass is 16.6. The third-order valence-corrected chi connectivity index (χ3v) is 7.76. The number of nitrogens with zero attached hydrogens (tertiary/aromatic N) is 4. The van der Waals surface area contributed by atoms with E-state index in [9.17, 15) is 10.2 Å². The molecule has 3 aliphatic rings. The Hall–Kier alpha value is -3.47. The smallest absolute Gasteiger partial charge is 0.164 e. The van der Waals surface area contributed by atoms with E-state index in [0.717, 1.165) is 29.2 Å². The van der Waals surface area contributed by atoms with E-state index in [1.54, 1.807) is 16.8 Å². The van der Waals surface area contributed by atoms with Crippen molar-refractivity contribution in [2.45, 2.75) is 55.8 Å². The summed E-state index contributed by atoms with van der Waals surface area (Å²) >= 11 is 0. The van der Waals surface area contributed by atoms with Crippen LogP contribution in [0.4, 0.5) is 11.6 Å². The number of ether oxygens (including phenoxy) is 2. The van der Waals surface area contributed by atoms with Crippen molar-refractivity contribution in [2.75, 3.05) is 17.6 Å². The van der Waals surface area contributed by atoms with Crippen LogP contribution in [-0.2, 0) is 4.74 Å². The lowest BCUT2D eigenvalue weighted by atomic mass is 9.94. The lowest BCUT2D eigenvalue weighted by molar-refractivity contribution is -0.0791. The zero-order valence-corrected chi connectivity index (χ0v) is 19.6. The molecule has 186 valence electrons. The maximum absolute atomic E-state index is 11.4. The van der Waals surface area contributed by atoms with Gasteiger partial charge in [0.15, 0.2) is 6.23 Å². The molecule has 3 fully saturated rings. The molecule has 5 atom stereocenters. The molecule has 4 aromatic rings. The van der Waals surface area contributed by atoms with Crippen molar-refractivity contribution in [3.05, 3.63) is 48.9 Å². The SMILES string of the molecule is Nc1ncnc2c1ccn2[C@@H]1O[C@@H]2[C@@H](Oc3ccc4ccc(NCC5CC5)nc4c3)CC[C@]2(O)[C@H]1O. The molecule has 0 amide bonds. The Bertz CT molecular complexity index is 1460. The molecule has 3 aromatic heterocycles. The monoisotopic (exact) mass is 488 g/mol. The van der Waals surface area contributed by atoms with Crippen LogP contribution >= 0.6 is 0 Å². The minimum Gasteiger partial charge on any atom is -0.488 e. The predicted octanol–water partition coefficient (Wildman–Crippen LogP) is 2.61. The zero-order valence-electron chi connectivity index (χ0n) is 19.6. The highest BCUT2D eigenvalue weighted by molar-refractivity contribution is 5.86. The normalized spacial score (nSPS) is 29.6. The van der Waals surface area contributed by atoms with Crippen LogP contribution in [0, 0.1) is 5.92 Å². The van der Waals surface area contributed by atoms with E-state index in [-0.39, 0.29) is 0 Å². The minimum atomic E-state index is -1.43. The molecule has 10 nitrogen and oxygen atoms in total. The average Bonchev–Trinajstić information content (AvgIpc) is 3.45. The van der Waals surface area contributed by atoms with Gasteiger partial charge in [-0.3, -0.25) is 0 Å². The second-order valence-electron chi connectivity index (χ2n) is 10.2. The summed E-state index contributed by atoms with van der Waals surface area (Å²) < 4.78 is 14.3.